The Morgan fingerprint density at radius 2 is 2.21 bits per heavy atom. The molecule has 0 bridgehead atoms. The van der Waals surface area contributed by atoms with Crippen LogP contribution in [0.4, 0.5) is 0 Å². The van der Waals surface area contributed by atoms with Crippen LogP contribution in [0.2, 0.25) is 0 Å². The summed E-state index contributed by atoms with van der Waals surface area (Å²) in [6, 6.07) is 1.38. The van der Waals surface area contributed by atoms with Gasteiger partial charge >= 0.3 is 0 Å². The van der Waals surface area contributed by atoms with Gasteiger partial charge in [0.25, 0.3) is 0 Å². The lowest BCUT2D eigenvalue weighted by atomic mass is 10.2. The van der Waals surface area contributed by atoms with E-state index in [1.165, 1.54) is 32.2 Å². The minimum Gasteiger partial charge on any atom is -0.390 e. The van der Waals surface area contributed by atoms with Crippen molar-refractivity contribution in [3.8, 4) is 0 Å². The van der Waals surface area contributed by atoms with E-state index in [4.69, 9.17) is 0 Å². The molecule has 2 rings (SSSR count). The normalized spacial score (nSPS) is 30.9. The largest absolute Gasteiger partial charge is 0.390 e. The summed E-state index contributed by atoms with van der Waals surface area (Å²) in [5.74, 6) is 0. The van der Waals surface area contributed by atoms with Crippen LogP contribution in [-0.2, 0) is 0 Å². The summed E-state index contributed by atoms with van der Waals surface area (Å²) in [5.41, 5.74) is 0. The fourth-order valence-electron chi connectivity index (χ4n) is 2.19. The Balaban J connectivity index is 1.62. The second-order valence-electron chi connectivity index (χ2n) is 4.82. The summed E-state index contributed by atoms with van der Waals surface area (Å²) in [4.78, 5) is 2.40. The second-order valence-corrected chi connectivity index (χ2v) is 4.82. The van der Waals surface area contributed by atoms with Crippen molar-refractivity contribution in [2.24, 2.45) is 0 Å². The molecule has 3 heteroatoms. The number of rotatable bonds is 5. The maximum Gasteiger partial charge on any atom is 0.0791 e. The van der Waals surface area contributed by atoms with Crippen LogP contribution in [0.25, 0.3) is 0 Å². The number of hydrogen-bond donors (Lipinski definition) is 2. The molecule has 0 aromatic carbocycles. The molecule has 14 heavy (non-hydrogen) atoms. The van der Waals surface area contributed by atoms with Gasteiger partial charge in [-0.1, -0.05) is 0 Å². The van der Waals surface area contributed by atoms with Gasteiger partial charge in [0.15, 0.2) is 0 Å². The Kier molecular flexibility index (Phi) is 3.42. The van der Waals surface area contributed by atoms with E-state index in [0.717, 1.165) is 13.1 Å². The molecule has 1 aliphatic heterocycles. The van der Waals surface area contributed by atoms with Crippen molar-refractivity contribution < 1.29 is 5.11 Å². The van der Waals surface area contributed by atoms with E-state index in [0.29, 0.717) is 12.1 Å². The summed E-state index contributed by atoms with van der Waals surface area (Å²) >= 11 is 0. The third-order valence-electron chi connectivity index (χ3n) is 3.36. The Bertz CT molecular complexity index is 182. The number of β-amino-alcohol motifs (C(OH)–C–C–N with tert-alkyl or cyclic N) is 1. The molecule has 82 valence electrons. The molecule has 3 nitrogen and oxygen atoms in total. The summed E-state index contributed by atoms with van der Waals surface area (Å²) < 4.78 is 0. The molecular weight excluding hydrogens is 176 g/mol. The van der Waals surface area contributed by atoms with Gasteiger partial charge in [0.1, 0.15) is 0 Å². The van der Waals surface area contributed by atoms with Gasteiger partial charge in [-0.05, 0) is 39.2 Å². The predicted molar refractivity (Wildman–Crippen MR) is 57.3 cm³/mol. The Labute approximate surface area is 86.5 Å². The summed E-state index contributed by atoms with van der Waals surface area (Å²) in [7, 11) is 0. The van der Waals surface area contributed by atoms with E-state index in [9.17, 15) is 5.11 Å². The standard InChI is InChI=1S/C11H22N2O/c1-9-3-2-6-13(9)8-11(14)7-12-10-4-5-10/h9-12,14H,2-8H2,1H3. The van der Waals surface area contributed by atoms with E-state index in [1.54, 1.807) is 0 Å². The van der Waals surface area contributed by atoms with Gasteiger partial charge in [-0.15, -0.1) is 0 Å². The van der Waals surface area contributed by atoms with Gasteiger partial charge in [-0.3, -0.25) is 4.90 Å². The van der Waals surface area contributed by atoms with E-state index in [2.05, 4.69) is 17.1 Å². The monoisotopic (exact) mass is 198 g/mol. The molecular formula is C11H22N2O. The number of hydrogen-bond acceptors (Lipinski definition) is 3. The van der Waals surface area contributed by atoms with Crippen LogP contribution in [0.15, 0.2) is 0 Å². The quantitative estimate of drug-likeness (QED) is 0.678. The Morgan fingerprint density at radius 1 is 1.43 bits per heavy atom. The molecule has 1 aliphatic carbocycles. The molecule has 2 aliphatic rings. The molecule has 1 heterocycles. The first-order valence-electron chi connectivity index (χ1n) is 5.91. The molecule has 1 saturated heterocycles. The predicted octanol–water partition coefficient (Wildman–Crippen LogP) is 0.584. The molecule has 2 unspecified atom stereocenters. The highest BCUT2D eigenvalue weighted by atomic mass is 16.3. The molecule has 0 spiro atoms. The van der Waals surface area contributed by atoms with Crippen LogP contribution >= 0.6 is 0 Å². The summed E-state index contributed by atoms with van der Waals surface area (Å²) in [6.07, 6.45) is 5.00. The minimum atomic E-state index is -0.184. The number of likely N-dealkylation sites (tertiary alicyclic amines) is 1. The smallest absolute Gasteiger partial charge is 0.0791 e. The SMILES string of the molecule is CC1CCCN1CC(O)CNC1CC1. The van der Waals surface area contributed by atoms with Gasteiger partial charge in [0.2, 0.25) is 0 Å². The molecule has 2 fully saturated rings. The maximum atomic E-state index is 9.80. The highest BCUT2D eigenvalue weighted by Crippen LogP contribution is 2.19. The number of aliphatic hydroxyl groups excluding tert-OH is 1. The zero-order chi connectivity index (χ0) is 9.97. The van der Waals surface area contributed by atoms with Gasteiger partial charge in [-0.25, -0.2) is 0 Å². The van der Waals surface area contributed by atoms with Crippen molar-refractivity contribution in [2.45, 2.75) is 50.8 Å². The third-order valence-corrected chi connectivity index (χ3v) is 3.36. The van der Waals surface area contributed by atoms with Crippen molar-refractivity contribution in [3.63, 3.8) is 0 Å². The third kappa shape index (κ3) is 2.94. The lowest BCUT2D eigenvalue weighted by Gasteiger charge is -2.24. The van der Waals surface area contributed by atoms with Crippen LogP contribution in [0, 0.1) is 0 Å². The molecule has 1 saturated carbocycles. The Hall–Kier alpha value is -0.120. The van der Waals surface area contributed by atoms with Gasteiger partial charge < -0.3 is 10.4 Å². The van der Waals surface area contributed by atoms with Gasteiger partial charge in [0.05, 0.1) is 6.10 Å². The van der Waals surface area contributed by atoms with Crippen LogP contribution in [0.5, 0.6) is 0 Å². The van der Waals surface area contributed by atoms with Crippen LogP contribution in [0.3, 0.4) is 0 Å². The molecule has 0 amide bonds. The van der Waals surface area contributed by atoms with Crippen molar-refractivity contribution in [3.05, 3.63) is 0 Å². The fourth-order valence-corrected chi connectivity index (χ4v) is 2.19. The highest BCUT2D eigenvalue weighted by molar-refractivity contribution is 4.83. The van der Waals surface area contributed by atoms with Gasteiger partial charge in [-0.2, -0.15) is 0 Å². The number of nitrogens with one attached hydrogen (secondary N) is 1. The molecule has 0 radical (unpaired) electrons. The van der Waals surface area contributed by atoms with E-state index >= 15 is 0 Å². The first-order valence-corrected chi connectivity index (χ1v) is 5.91. The first kappa shape index (κ1) is 10.4. The fraction of sp³-hybridized carbons (Fsp3) is 1.00. The lowest BCUT2D eigenvalue weighted by molar-refractivity contribution is 0.108. The van der Waals surface area contributed by atoms with Crippen molar-refractivity contribution in [2.75, 3.05) is 19.6 Å². The average molecular weight is 198 g/mol. The second kappa shape index (κ2) is 4.60. The topological polar surface area (TPSA) is 35.5 Å². The number of nitrogens with zero attached hydrogens (tertiary/aromatic N) is 1. The molecule has 0 aromatic rings. The molecule has 2 N–H and O–H groups in total. The van der Waals surface area contributed by atoms with Gasteiger partial charge in [0, 0.05) is 25.2 Å². The highest BCUT2D eigenvalue weighted by Gasteiger charge is 2.24. The zero-order valence-corrected chi connectivity index (χ0v) is 9.08. The number of aliphatic hydroxyl groups is 1. The van der Waals surface area contributed by atoms with Crippen molar-refractivity contribution >= 4 is 0 Å². The Morgan fingerprint density at radius 3 is 2.79 bits per heavy atom. The molecule has 2 atom stereocenters. The average Bonchev–Trinajstić information content (AvgIpc) is 2.90. The maximum absolute atomic E-state index is 9.80. The van der Waals surface area contributed by atoms with E-state index in [-0.39, 0.29) is 6.10 Å². The first-order chi connectivity index (χ1) is 6.75. The summed E-state index contributed by atoms with van der Waals surface area (Å²) in [6.45, 7) is 5.05. The van der Waals surface area contributed by atoms with Crippen LogP contribution in [-0.4, -0.2) is 47.8 Å². The zero-order valence-electron chi connectivity index (χ0n) is 9.08. The molecule has 0 aromatic heterocycles. The van der Waals surface area contributed by atoms with E-state index < -0.39 is 0 Å². The van der Waals surface area contributed by atoms with Crippen LogP contribution in [0.1, 0.15) is 32.6 Å². The minimum absolute atomic E-state index is 0.184. The summed E-state index contributed by atoms with van der Waals surface area (Å²) in [5, 5.41) is 13.2. The van der Waals surface area contributed by atoms with Crippen molar-refractivity contribution in [1.82, 2.24) is 10.2 Å². The van der Waals surface area contributed by atoms with E-state index in [1.807, 2.05) is 0 Å². The van der Waals surface area contributed by atoms with Crippen molar-refractivity contribution in [1.29, 1.82) is 0 Å². The lowest BCUT2D eigenvalue weighted by Crippen LogP contribution is -2.40. The van der Waals surface area contributed by atoms with Crippen LogP contribution < -0.4 is 5.32 Å².